The van der Waals surface area contributed by atoms with E-state index in [1.54, 1.807) is 35.9 Å². The minimum atomic E-state index is -0.223. The smallest absolute Gasteiger partial charge is 0.246 e. The van der Waals surface area contributed by atoms with Crippen LogP contribution >= 0.6 is 11.3 Å². The number of fused-ring (bicyclic) bond motifs is 4. The maximum atomic E-state index is 13.6. The minimum absolute atomic E-state index is 0.0506. The summed E-state index contributed by atoms with van der Waals surface area (Å²) in [6.45, 7) is 5.67. The van der Waals surface area contributed by atoms with E-state index in [0.29, 0.717) is 19.6 Å². The van der Waals surface area contributed by atoms with Gasteiger partial charge < -0.3 is 19.7 Å². The van der Waals surface area contributed by atoms with E-state index < -0.39 is 0 Å². The molecule has 0 saturated heterocycles. The molecule has 0 bridgehead atoms. The third-order valence-electron chi connectivity index (χ3n) is 7.44. The second-order valence-electron chi connectivity index (χ2n) is 10.1. The van der Waals surface area contributed by atoms with Crippen LogP contribution in [0.4, 0.5) is 15.9 Å². The van der Waals surface area contributed by atoms with E-state index in [-0.39, 0.29) is 11.7 Å². The molecular weight excluding hydrogens is 523 g/mol. The summed E-state index contributed by atoms with van der Waals surface area (Å²) in [5.74, 6) is 0.608. The Morgan fingerprint density at radius 2 is 2.10 bits per heavy atom. The molecule has 40 heavy (non-hydrogen) atoms. The first-order chi connectivity index (χ1) is 19.5. The highest BCUT2D eigenvalue weighted by Crippen LogP contribution is 2.38. The molecule has 1 N–H and O–H groups in total. The predicted molar refractivity (Wildman–Crippen MR) is 160 cm³/mol. The van der Waals surface area contributed by atoms with Crippen molar-refractivity contribution in [2.24, 2.45) is 0 Å². The molecule has 0 spiro atoms. The first-order valence-electron chi connectivity index (χ1n) is 13.5. The summed E-state index contributed by atoms with van der Waals surface area (Å²) < 4.78 is 15.8. The molecule has 1 aliphatic heterocycles. The van der Waals surface area contributed by atoms with E-state index >= 15 is 0 Å². The molecule has 0 unspecified atom stereocenters. The van der Waals surface area contributed by atoms with Crippen LogP contribution in [0.3, 0.4) is 0 Å². The highest BCUT2D eigenvalue weighted by Gasteiger charge is 2.25. The number of carbonyl (C=O) groups is 1. The summed E-state index contributed by atoms with van der Waals surface area (Å²) in [4.78, 5) is 28.1. The van der Waals surface area contributed by atoms with Crippen molar-refractivity contribution in [3.63, 3.8) is 0 Å². The number of nitrogens with zero attached hydrogens (tertiary/aromatic N) is 5. The van der Waals surface area contributed by atoms with E-state index in [1.165, 1.54) is 16.5 Å². The van der Waals surface area contributed by atoms with Crippen LogP contribution < -0.4 is 5.32 Å². The molecule has 7 nitrogen and oxygen atoms in total. The van der Waals surface area contributed by atoms with Crippen molar-refractivity contribution < 1.29 is 9.18 Å². The van der Waals surface area contributed by atoms with Gasteiger partial charge in [-0.3, -0.25) is 4.79 Å². The van der Waals surface area contributed by atoms with Gasteiger partial charge in [0.25, 0.3) is 0 Å². The van der Waals surface area contributed by atoms with Gasteiger partial charge in [0.2, 0.25) is 5.91 Å². The number of amides is 1. The molecule has 9 heteroatoms. The Hall–Kier alpha value is -4.08. The van der Waals surface area contributed by atoms with Crippen molar-refractivity contribution in [3.05, 3.63) is 95.0 Å². The molecule has 0 aliphatic carbocycles. The molecule has 1 amide bonds. The molecule has 204 valence electrons. The number of halogens is 1. The van der Waals surface area contributed by atoms with Crippen LogP contribution in [-0.2, 0) is 24.3 Å². The second-order valence-corrected chi connectivity index (χ2v) is 11.2. The van der Waals surface area contributed by atoms with Crippen molar-refractivity contribution in [1.29, 1.82) is 0 Å². The van der Waals surface area contributed by atoms with Gasteiger partial charge in [0, 0.05) is 53.4 Å². The molecule has 0 radical (unpaired) electrons. The van der Waals surface area contributed by atoms with Crippen molar-refractivity contribution in [2.45, 2.75) is 26.4 Å². The molecular formula is C31H31FN6OS. The maximum absolute atomic E-state index is 13.6. The number of benzene rings is 2. The highest BCUT2D eigenvalue weighted by molar-refractivity contribution is 7.19. The summed E-state index contributed by atoms with van der Waals surface area (Å²) in [6.07, 6.45) is 8.02. The lowest BCUT2D eigenvalue weighted by molar-refractivity contribution is -0.126. The Bertz CT molecular complexity index is 1720. The molecule has 5 aromatic rings. The number of hydrogen-bond donors (Lipinski definition) is 1. The molecule has 1 aliphatic rings. The van der Waals surface area contributed by atoms with Gasteiger partial charge in [-0.05, 0) is 67.5 Å². The Kier molecular flexibility index (Phi) is 7.32. The topological polar surface area (TPSA) is 66.3 Å². The van der Waals surface area contributed by atoms with E-state index in [1.807, 2.05) is 36.4 Å². The van der Waals surface area contributed by atoms with Gasteiger partial charge in [0.15, 0.2) is 0 Å². The zero-order chi connectivity index (χ0) is 27.6. The monoisotopic (exact) mass is 554 g/mol. The molecule has 4 heterocycles. The van der Waals surface area contributed by atoms with Gasteiger partial charge in [0.05, 0.1) is 11.9 Å². The number of carbonyl (C=O) groups excluding carboxylic acids is 1. The fourth-order valence-corrected chi connectivity index (χ4v) is 6.37. The standard InChI is InChI=1S/C31H31FN6OS/c1-3-36(2)13-5-8-28(39)38-15-12-25-27(19-38)40-31-29(25)30(33-20-34-31)35-24-9-10-26-22(17-24)11-14-37(26)18-21-6-4-7-23(32)16-21/h4-11,14,16-17,20H,3,12-13,15,18-19H2,1-2H3,(H,33,34,35)/b8-5+. The Labute approximate surface area is 236 Å². The molecule has 0 saturated carbocycles. The maximum Gasteiger partial charge on any atom is 0.246 e. The Morgan fingerprint density at radius 1 is 1.20 bits per heavy atom. The Balaban J connectivity index is 1.21. The number of hydrogen-bond acceptors (Lipinski definition) is 6. The van der Waals surface area contributed by atoms with Crippen LogP contribution in [0.25, 0.3) is 21.1 Å². The fourth-order valence-electron chi connectivity index (χ4n) is 5.16. The lowest BCUT2D eigenvalue weighted by Gasteiger charge is -2.26. The van der Waals surface area contributed by atoms with Crippen LogP contribution in [-0.4, -0.2) is 56.9 Å². The van der Waals surface area contributed by atoms with Crippen molar-refractivity contribution >= 4 is 49.9 Å². The summed E-state index contributed by atoms with van der Waals surface area (Å²) in [5, 5.41) is 5.65. The van der Waals surface area contributed by atoms with Crippen LogP contribution in [0.5, 0.6) is 0 Å². The van der Waals surface area contributed by atoms with E-state index in [0.717, 1.165) is 57.7 Å². The molecule has 0 atom stereocenters. The molecule has 2 aromatic carbocycles. The van der Waals surface area contributed by atoms with E-state index in [2.05, 4.69) is 49.9 Å². The summed E-state index contributed by atoms with van der Waals surface area (Å²) in [6, 6.07) is 15.0. The van der Waals surface area contributed by atoms with Gasteiger partial charge in [0.1, 0.15) is 22.8 Å². The molecule has 0 fully saturated rings. The number of rotatable bonds is 8. The third kappa shape index (κ3) is 5.35. The van der Waals surface area contributed by atoms with Gasteiger partial charge >= 0.3 is 0 Å². The summed E-state index contributed by atoms with van der Waals surface area (Å²) >= 11 is 1.64. The van der Waals surface area contributed by atoms with Crippen LogP contribution in [0.2, 0.25) is 0 Å². The lowest BCUT2D eigenvalue weighted by atomic mass is 10.0. The van der Waals surface area contributed by atoms with Crippen molar-refractivity contribution in [1.82, 2.24) is 24.3 Å². The summed E-state index contributed by atoms with van der Waals surface area (Å²) in [7, 11) is 2.04. The number of anilines is 2. The van der Waals surface area contributed by atoms with Crippen molar-refractivity contribution in [2.75, 3.05) is 32.0 Å². The first-order valence-corrected chi connectivity index (χ1v) is 14.3. The normalized spacial score (nSPS) is 13.6. The number of thiophene rings is 1. The average Bonchev–Trinajstić information content (AvgIpc) is 3.53. The van der Waals surface area contributed by atoms with Gasteiger partial charge in [-0.1, -0.05) is 25.1 Å². The zero-order valence-electron chi connectivity index (χ0n) is 22.6. The van der Waals surface area contributed by atoms with Crippen molar-refractivity contribution in [3.8, 4) is 0 Å². The van der Waals surface area contributed by atoms with Crippen LogP contribution in [0, 0.1) is 5.82 Å². The molecule has 3 aromatic heterocycles. The Morgan fingerprint density at radius 3 is 2.95 bits per heavy atom. The molecule has 6 rings (SSSR count). The van der Waals surface area contributed by atoms with Crippen LogP contribution in [0.15, 0.2) is 73.2 Å². The van der Waals surface area contributed by atoms with E-state index in [9.17, 15) is 9.18 Å². The predicted octanol–water partition coefficient (Wildman–Crippen LogP) is 5.97. The third-order valence-corrected chi connectivity index (χ3v) is 8.57. The number of nitrogens with one attached hydrogen (secondary N) is 1. The SMILES string of the molecule is CCN(C)C/C=C/C(=O)N1CCc2c(sc3ncnc(Nc4ccc5c(ccn5Cc5cccc(F)c5)c4)c23)C1. The quantitative estimate of drug-likeness (QED) is 0.240. The van der Waals surface area contributed by atoms with Gasteiger partial charge in [-0.2, -0.15) is 0 Å². The van der Waals surface area contributed by atoms with Gasteiger partial charge in [-0.25, -0.2) is 14.4 Å². The van der Waals surface area contributed by atoms with E-state index in [4.69, 9.17) is 0 Å². The minimum Gasteiger partial charge on any atom is -0.343 e. The fraction of sp³-hybridized carbons (Fsp3) is 0.258. The number of likely N-dealkylation sites (N-methyl/N-ethyl adjacent to an activating group) is 1. The van der Waals surface area contributed by atoms with Gasteiger partial charge in [-0.15, -0.1) is 11.3 Å². The highest BCUT2D eigenvalue weighted by atomic mass is 32.1. The zero-order valence-corrected chi connectivity index (χ0v) is 23.4. The summed E-state index contributed by atoms with van der Waals surface area (Å²) in [5.41, 5.74) is 4.16. The lowest BCUT2D eigenvalue weighted by Crippen LogP contribution is -2.34. The second kappa shape index (κ2) is 11.2. The average molecular weight is 555 g/mol. The largest absolute Gasteiger partial charge is 0.343 e. The number of aromatic nitrogens is 3. The van der Waals surface area contributed by atoms with Crippen LogP contribution in [0.1, 0.15) is 22.9 Å². The first kappa shape index (κ1) is 26.2.